The number of ether oxygens (including phenoxy) is 2. The second-order valence-corrected chi connectivity index (χ2v) is 8.56. The van der Waals surface area contributed by atoms with E-state index in [0.717, 1.165) is 10.0 Å². The van der Waals surface area contributed by atoms with Gasteiger partial charge in [-0.25, -0.2) is 0 Å². The minimum absolute atomic E-state index is 0.0745. The van der Waals surface area contributed by atoms with Gasteiger partial charge in [-0.15, -0.1) is 0 Å². The summed E-state index contributed by atoms with van der Waals surface area (Å²) in [6.45, 7) is 8.52. The number of nitrogens with one attached hydrogen (secondary N) is 2. The third kappa shape index (κ3) is 6.84. The van der Waals surface area contributed by atoms with Crippen LogP contribution in [0.4, 0.5) is 0 Å². The lowest BCUT2D eigenvalue weighted by atomic mass is 10.1. The standard InChI is InChI=1S/C22H29BrN2O3/c1-15(17-9-7-6-8-10-17)24-13-16-11-18(23)21(19(12-16)27-5)28-14-20(26)25-22(2,3)4/h6-12,15,24H,13-14H2,1-5H3,(H,25,26)/t15-/m1/s1. The summed E-state index contributed by atoms with van der Waals surface area (Å²) in [5.74, 6) is 0.928. The van der Waals surface area contributed by atoms with Crippen molar-refractivity contribution in [2.24, 2.45) is 0 Å². The van der Waals surface area contributed by atoms with Gasteiger partial charge in [-0.1, -0.05) is 30.3 Å². The molecular formula is C22H29BrN2O3. The molecule has 28 heavy (non-hydrogen) atoms. The molecule has 0 heterocycles. The Morgan fingerprint density at radius 3 is 2.46 bits per heavy atom. The lowest BCUT2D eigenvalue weighted by molar-refractivity contribution is -0.124. The van der Waals surface area contributed by atoms with Crippen molar-refractivity contribution < 1.29 is 14.3 Å². The van der Waals surface area contributed by atoms with E-state index in [1.165, 1.54) is 5.56 Å². The highest BCUT2D eigenvalue weighted by molar-refractivity contribution is 9.10. The molecule has 0 aliphatic carbocycles. The van der Waals surface area contributed by atoms with Crippen molar-refractivity contribution in [3.63, 3.8) is 0 Å². The first-order chi connectivity index (χ1) is 13.2. The Morgan fingerprint density at radius 1 is 1.18 bits per heavy atom. The van der Waals surface area contributed by atoms with Gasteiger partial charge in [0.25, 0.3) is 5.91 Å². The van der Waals surface area contributed by atoms with Crippen LogP contribution in [0.3, 0.4) is 0 Å². The molecule has 0 unspecified atom stereocenters. The molecule has 2 N–H and O–H groups in total. The molecule has 6 heteroatoms. The Morgan fingerprint density at radius 2 is 1.86 bits per heavy atom. The summed E-state index contributed by atoms with van der Waals surface area (Å²) >= 11 is 3.54. The SMILES string of the molecule is COc1cc(CN[C@H](C)c2ccccc2)cc(Br)c1OCC(=O)NC(C)(C)C. The number of benzene rings is 2. The first kappa shape index (κ1) is 22.2. The van der Waals surface area contributed by atoms with Gasteiger partial charge in [0.2, 0.25) is 0 Å². The number of amides is 1. The average molecular weight is 449 g/mol. The number of carbonyl (C=O) groups excluding carboxylic acids is 1. The van der Waals surface area contributed by atoms with Crippen LogP contribution in [0.25, 0.3) is 0 Å². The first-order valence-corrected chi connectivity index (χ1v) is 10.1. The van der Waals surface area contributed by atoms with E-state index >= 15 is 0 Å². The monoisotopic (exact) mass is 448 g/mol. The van der Waals surface area contributed by atoms with E-state index in [2.05, 4.69) is 45.6 Å². The highest BCUT2D eigenvalue weighted by Gasteiger charge is 2.17. The van der Waals surface area contributed by atoms with Gasteiger partial charge >= 0.3 is 0 Å². The minimum atomic E-state index is -0.299. The molecule has 0 aromatic heterocycles. The predicted molar refractivity (Wildman–Crippen MR) is 116 cm³/mol. The van der Waals surface area contributed by atoms with Crippen LogP contribution in [-0.2, 0) is 11.3 Å². The number of methoxy groups -OCH3 is 1. The van der Waals surface area contributed by atoms with E-state index in [9.17, 15) is 4.79 Å². The Hall–Kier alpha value is -2.05. The molecule has 0 saturated carbocycles. The van der Waals surface area contributed by atoms with Gasteiger partial charge in [-0.05, 0) is 66.9 Å². The van der Waals surface area contributed by atoms with Crippen LogP contribution in [0.1, 0.15) is 44.9 Å². The van der Waals surface area contributed by atoms with Crippen LogP contribution in [-0.4, -0.2) is 25.2 Å². The molecule has 5 nitrogen and oxygen atoms in total. The Balaban J connectivity index is 2.03. The number of hydrogen-bond donors (Lipinski definition) is 2. The van der Waals surface area contributed by atoms with Crippen molar-refractivity contribution in [3.8, 4) is 11.5 Å². The molecule has 152 valence electrons. The fourth-order valence-corrected chi connectivity index (χ4v) is 3.34. The van der Waals surface area contributed by atoms with E-state index in [1.54, 1.807) is 7.11 Å². The van der Waals surface area contributed by atoms with Crippen LogP contribution >= 0.6 is 15.9 Å². The summed E-state index contributed by atoms with van der Waals surface area (Å²) in [5.41, 5.74) is 1.99. The fourth-order valence-electron chi connectivity index (χ4n) is 2.74. The molecule has 1 amide bonds. The van der Waals surface area contributed by atoms with Crippen molar-refractivity contribution in [2.75, 3.05) is 13.7 Å². The molecule has 2 aromatic rings. The van der Waals surface area contributed by atoms with Crippen LogP contribution < -0.4 is 20.1 Å². The fraction of sp³-hybridized carbons (Fsp3) is 0.409. The predicted octanol–water partition coefficient (Wildman–Crippen LogP) is 4.60. The summed E-state index contributed by atoms with van der Waals surface area (Å²) in [6.07, 6.45) is 0. The maximum Gasteiger partial charge on any atom is 0.258 e. The van der Waals surface area contributed by atoms with Crippen LogP contribution in [0.2, 0.25) is 0 Å². The van der Waals surface area contributed by atoms with Gasteiger partial charge < -0.3 is 20.1 Å². The molecular weight excluding hydrogens is 420 g/mol. The Bertz CT molecular complexity index is 788. The molecule has 0 fully saturated rings. The highest BCUT2D eigenvalue weighted by atomic mass is 79.9. The molecule has 0 aliphatic rings. The molecule has 0 aliphatic heterocycles. The maximum absolute atomic E-state index is 12.0. The normalized spacial score (nSPS) is 12.4. The van der Waals surface area contributed by atoms with Crippen molar-refractivity contribution >= 4 is 21.8 Å². The number of halogens is 1. The van der Waals surface area contributed by atoms with E-state index in [-0.39, 0.29) is 24.1 Å². The number of carbonyl (C=O) groups is 1. The molecule has 0 spiro atoms. The first-order valence-electron chi connectivity index (χ1n) is 9.28. The molecule has 0 bridgehead atoms. The van der Waals surface area contributed by atoms with Gasteiger partial charge in [-0.2, -0.15) is 0 Å². The topological polar surface area (TPSA) is 59.6 Å². The van der Waals surface area contributed by atoms with Crippen molar-refractivity contribution in [1.29, 1.82) is 0 Å². The van der Waals surface area contributed by atoms with Crippen LogP contribution in [0.5, 0.6) is 11.5 Å². The molecule has 0 radical (unpaired) electrons. The zero-order chi connectivity index (χ0) is 20.7. The van der Waals surface area contributed by atoms with Gasteiger partial charge in [0, 0.05) is 18.1 Å². The van der Waals surface area contributed by atoms with Crippen molar-refractivity contribution in [3.05, 3.63) is 58.1 Å². The van der Waals surface area contributed by atoms with Crippen molar-refractivity contribution in [1.82, 2.24) is 10.6 Å². The number of rotatable bonds is 8. The zero-order valence-corrected chi connectivity index (χ0v) is 18.7. The smallest absolute Gasteiger partial charge is 0.258 e. The second-order valence-electron chi connectivity index (χ2n) is 7.71. The largest absolute Gasteiger partial charge is 0.493 e. The number of hydrogen-bond acceptors (Lipinski definition) is 4. The third-order valence-corrected chi connectivity index (χ3v) is 4.65. The third-order valence-electron chi connectivity index (χ3n) is 4.06. The van der Waals surface area contributed by atoms with Gasteiger partial charge in [0.1, 0.15) is 0 Å². The maximum atomic E-state index is 12.0. The molecule has 0 saturated heterocycles. The zero-order valence-electron chi connectivity index (χ0n) is 17.1. The van der Waals surface area contributed by atoms with Crippen LogP contribution in [0, 0.1) is 0 Å². The lowest BCUT2D eigenvalue weighted by Gasteiger charge is -2.21. The lowest BCUT2D eigenvalue weighted by Crippen LogP contribution is -2.43. The van der Waals surface area contributed by atoms with Crippen LogP contribution in [0.15, 0.2) is 46.9 Å². The summed E-state index contributed by atoms with van der Waals surface area (Å²) < 4.78 is 11.9. The summed E-state index contributed by atoms with van der Waals surface area (Å²) in [5, 5.41) is 6.38. The molecule has 1 atom stereocenters. The molecule has 2 aromatic carbocycles. The van der Waals surface area contributed by atoms with E-state index in [0.29, 0.717) is 18.0 Å². The van der Waals surface area contributed by atoms with Gasteiger partial charge in [0.15, 0.2) is 18.1 Å². The molecule has 2 rings (SSSR count). The summed E-state index contributed by atoms with van der Waals surface area (Å²) in [4.78, 5) is 12.0. The van der Waals surface area contributed by atoms with Gasteiger partial charge in [0.05, 0.1) is 11.6 Å². The Kier molecular flexibility index (Phi) is 7.89. The second kappa shape index (κ2) is 9.94. The van der Waals surface area contributed by atoms with Gasteiger partial charge in [-0.3, -0.25) is 4.79 Å². The van der Waals surface area contributed by atoms with Crippen molar-refractivity contribution in [2.45, 2.75) is 45.8 Å². The average Bonchev–Trinajstić information content (AvgIpc) is 2.64. The quantitative estimate of drug-likeness (QED) is 0.619. The summed E-state index contributed by atoms with van der Waals surface area (Å²) in [6, 6.07) is 14.4. The summed E-state index contributed by atoms with van der Waals surface area (Å²) in [7, 11) is 1.59. The van der Waals surface area contributed by atoms with E-state index in [1.807, 2.05) is 51.1 Å². The van der Waals surface area contributed by atoms with E-state index in [4.69, 9.17) is 9.47 Å². The van der Waals surface area contributed by atoms with E-state index < -0.39 is 0 Å². The minimum Gasteiger partial charge on any atom is -0.493 e. The highest BCUT2D eigenvalue weighted by Crippen LogP contribution is 2.36. The Labute approximate surface area is 175 Å².